The van der Waals surface area contributed by atoms with Crippen LogP contribution in [0, 0.1) is 5.92 Å². The highest BCUT2D eigenvalue weighted by atomic mass is 32.1. The summed E-state index contributed by atoms with van der Waals surface area (Å²) >= 11 is 1.74. The summed E-state index contributed by atoms with van der Waals surface area (Å²) in [6.07, 6.45) is 6.82. The molecule has 1 aromatic rings. The number of hydrogen-bond acceptors (Lipinski definition) is 3. The lowest BCUT2D eigenvalue weighted by atomic mass is 9.87. The lowest BCUT2D eigenvalue weighted by molar-refractivity contribution is 0.0655. The maximum atomic E-state index is 12.7. The molecule has 1 amide bonds. The first-order chi connectivity index (χ1) is 10.7. The van der Waals surface area contributed by atoms with Crippen molar-refractivity contribution in [3.63, 3.8) is 0 Å². The SMILES string of the molecule is C=CCN1CCN(C(=O)c2cc3c(s2)CC[C@@H](CC)C3)CC1. The number of aryl methyl sites for hydroxylation is 1. The van der Waals surface area contributed by atoms with Gasteiger partial charge in [-0.15, -0.1) is 17.9 Å². The molecule has 1 atom stereocenters. The summed E-state index contributed by atoms with van der Waals surface area (Å²) in [5.74, 6) is 1.05. The zero-order valence-electron chi connectivity index (χ0n) is 13.5. The van der Waals surface area contributed by atoms with E-state index in [0.717, 1.165) is 43.5 Å². The molecule has 0 aromatic carbocycles. The molecule has 0 N–H and O–H groups in total. The van der Waals surface area contributed by atoms with Crippen molar-refractivity contribution in [1.82, 2.24) is 9.80 Å². The van der Waals surface area contributed by atoms with Gasteiger partial charge in [-0.2, -0.15) is 0 Å². The van der Waals surface area contributed by atoms with Crippen molar-refractivity contribution in [3.8, 4) is 0 Å². The van der Waals surface area contributed by atoms with E-state index in [1.165, 1.54) is 36.1 Å². The van der Waals surface area contributed by atoms with Crippen LogP contribution in [-0.2, 0) is 12.8 Å². The van der Waals surface area contributed by atoms with Gasteiger partial charge in [0.15, 0.2) is 0 Å². The first-order valence-corrected chi connectivity index (χ1v) is 9.27. The molecule has 0 saturated carbocycles. The molecule has 22 heavy (non-hydrogen) atoms. The van der Waals surface area contributed by atoms with Gasteiger partial charge < -0.3 is 4.90 Å². The van der Waals surface area contributed by atoms with E-state index in [4.69, 9.17) is 0 Å². The number of fused-ring (bicyclic) bond motifs is 1. The Morgan fingerprint density at radius 3 is 2.86 bits per heavy atom. The topological polar surface area (TPSA) is 23.6 Å². The third-order valence-corrected chi connectivity index (χ3v) is 6.24. The molecule has 3 rings (SSSR count). The van der Waals surface area contributed by atoms with Crippen LogP contribution < -0.4 is 0 Å². The van der Waals surface area contributed by atoms with Crippen LogP contribution in [-0.4, -0.2) is 48.4 Å². The molecule has 0 unspecified atom stereocenters. The van der Waals surface area contributed by atoms with E-state index in [0.29, 0.717) is 0 Å². The lowest BCUT2D eigenvalue weighted by Gasteiger charge is -2.33. The van der Waals surface area contributed by atoms with E-state index >= 15 is 0 Å². The van der Waals surface area contributed by atoms with Gasteiger partial charge in [-0.05, 0) is 36.8 Å². The minimum atomic E-state index is 0.241. The predicted molar refractivity (Wildman–Crippen MR) is 92.7 cm³/mol. The summed E-state index contributed by atoms with van der Waals surface area (Å²) in [4.78, 5) is 19.5. The van der Waals surface area contributed by atoms with E-state index in [-0.39, 0.29) is 5.91 Å². The summed E-state index contributed by atoms with van der Waals surface area (Å²) in [6.45, 7) is 10.6. The maximum absolute atomic E-state index is 12.7. The van der Waals surface area contributed by atoms with Crippen LogP contribution >= 0.6 is 11.3 Å². The third-order valence-electron chi connectivity index (χ3n) is 5.02. The highest BCUT2D eigenvalue weighted by Crippen LogP contribution is 2.34. The fourth-order valence-electron chi connectivity index (χ4n) is 3.52. The zero-order valence-corrected chi connectivity index (χ0v) is 14.3. The molecule has 2 aliphatic rings. The van der Waals surface area contributed by atoms with Crippen LogP contribution in [0.5, 0.6) is 0 Å². The summed E-state index contributed by atoms with van der Waals surface area (Å²) in [6, 6.07) is 2.18. The van der Waals surface area contributed by atoms with Gasteiger partial charge in [0.1, 0.15) is 0 Å². The monoisotopic (exact) mass is 318 g/mol. The summed E-state index contributed by atoms with van der Waals surface area (Å²) < 4.78 is 0. The van der Waals surface area contributed by atoms with E-state index in [1.807, 2.05) is 11.0 Å². The Bertz CT molecular complexity index is 543. The molecule has 3 nitrogen and oxygen atoms in total. The lowest BCUT2D eigenvalue weighted by Crippen LogP contribution is -2.48. The Morgan fingerprint density at radius 1 is 1.41 bits per heavy atom. The molecule has 0 radical (unpaired) electrons. The van der Waals surface area contributed by atoms with Crippen LogP contribution in [0.1, 0.15) is 39.9 Å². The fraction of sp³-hybridized carbons (Fsp3) is 0.611. The molecule has 0 spiro atoms. The zero-order chi connectivity index (χ0) is 15.5. The number of carbonyl (C=O) groups excluding carboxylic acids is 1. The second kappa shape index (κ2) is 6.97. The second-order valence-electron chi connectivity index (χ2n) is 6.46. The summed E-state index contributed by atoms with van der Waals surface area (Å²) in [7, 11) is 0. The van der Waals surface area contributed by atoms with Crippen molar-refractivity contribution in [2.45, 2.75) is 32.6 Å². The number of amides is 1. The summed E-state index contributed by atoms with van der Waals surface area (Å²) in [5.41, 5.74) is 1.44. The van der Waals surface area contributed by atoms with Gasteiger partial charge in [-0.1, -0.05) is 19.4 Å². The first-order valence-electron chi connectivity index (χ1n) is 8.45. The number of nitrogens with zero attached hydrogens (tertiary/aromatic N) is 2. The van der Waals surface area contributed by atoms with Gasteiger partial charge in [0.05, 0.1) is 4.88 Å². The molecule has 4 heteroatoms. The molecular formula is C18H26N2OS. The Kier molecular flexibility index (Phi) is 4.99. The number of piperazine rings is 1. The number of carbonyl (C=O) groups is 1. The highest BCUT2D eigenvalue weighted by molar-refractivity contribution is 7.14. The maximum Gasteiger partial charge on any atom is 0.264 e. The second-order valence-corrected chi connectivity index (χ2v) is 7.59. The highest BCUT2D eigenvalue weighted by Gasteiger charge is 2.26. The van der Waals surface area contributed by atoms with Gasteiger partial charge >= 0.3 is 0 Å². The van der Waals surface area contributed by atoms with Gasteiger partial charge in [0.2, 0.25) is 0 Å². The van der Waals surface area contributed by atoms with Crippen molar-refractivity contribution in [3.05, 3.63) is 34.0 Å². The largest absolute Gasteiger partial charge is 0.335 e. The van der Waals surface area contributed by atoms with Crippen LogP contribution in [0.4, 0.5) is 0 Å². The average Bonchev–Trinajstić information content (AvgIpc) is 2.98. The fourth-order valence-corrected chi connectivity index (χ4v) is 4.70. The minimum Gasteiger partial charge on any atom is -0.335 e. The Labute approximate surface area is 137 Å². The van der Waals surface area contributed by atoms with Crippen molar-refractivity contribution in [2.75, 3.05) is 32.7 Å². The molecule has 1 saturated heterocycles. The summed E-state index contributed by atoms with van der Waals surface area (Å²) in [5, 5.41) is 0. The van der Waals surface area contributed by atoms with E-state index in [9.17, 15) is 4.79 Å². The Balaban J connectivity index is 1.64. The van der Waals surface area contributed by atoms with Gasteiger partial charge in [0.25, 0.3) is 5.91 Å². The molecular weight excluding hydrogens is 292 g/mol. The number of thiophene rings is 1. The Hall–Kier alpha value is -1.13. The average molecular weight is 318 g/mol. The van der Waals surface area contributed by atoms with Gasteiger partial charge in [-0.25, -0.2) is 0 Å². The standard InChI is InChI=1S/C18H26N2OS/c1-3-7-19-8-10-20(11-9-19)18(21)17-13-15-12-14(4-2)5-6-16(15)22-17/h3,13-14H,1,4-12H2,2H3/t14-/m1/s1. The van der Waals surface area contributed by atoms with Crippen molar-refractivity contribution >= 4 is 17.2 Å². The van der Waals surface area contributed by atoms with E-state index in [2.05, 4.69) is 24.5 Å². The first kappa shape index (κ1) is 15.8. The molecule has 0 bridgehead atoms. The Morgan fingerprint density at radius 2 is 2.18 bits per heavy atom. The normalized spacial score (nSPS) is 22.4. The third kappa shape index (κ3) is 3.28. The van der Waals surface area contributed by atoms with Crippen molar-refractivity contribution < 1.29 is 4.79 Å². The predicted octanol–water partition coefficient (Wildman–Crippen LogP) is 3.21. The van der Waals surface area contributed by atoms with Crippen molar-refractivity contribution in [2.24, 2.45) is 5.92 Å². The molecule has 1 fully saturated rings. The van der Waals surface area contributed by atoms with Gasteiger partial charge in [0, 0.05) is 37.6 Å². The quantitative estimate of drug-likeness (QED) is 0.796. The van der Waals surface area contributed by atoms with Crippen molar-refractivity contribution in [1.29, 1.82) is 0 Å². The van der Waals surface area contributed by atoms with E-state index < -0.39 is 0 Å². The van der Waals surface area contributed by atoms with Crippen LogP contribution in [0.3, 0.4) is 0 Å². The molecule has 2 heterocycles. The molecule has 1 aromatic heterocycles. The number of rotatable bonds is 4. The van der Waals surface area contributed by atoms with Crippen LogP contribution in [0.25, 0.3) is 0 Å². The van der Waals surface area contributed by atoms with Gasteiger partial charge in [-0.3, -0.25) is 9.69 Å². The van der Waals surface area contributed by atoms with Crippen LogP contribution in [0.15, 0.2) is 18.7 Å². The molecule has 1 aliphatic carbocycles. The number of hydrogen-bond donors (Lipinski definition) is 0. The molecule has 120 valence electrons. The van der Waals surface area contributed by atoms with E-state index in [1.54, 1.807) is 11.3 Å². The molecule has 1 aliphatic heterocycles. The van der Waals surface area contributed by atoms with Crippen LogP contribution in [0.2, 0.25) is 0 Å². The minimum absolute atomic E-state index is 0.241. The smallest absolute Gasteiger partial charge is 0.264 e.